The molecular formula is C49H50ClN15O10. The molecule has 3 amide bonds. The molecule has 0 bridgehead atoms. The number of halogens is 1. The van der Waals surface area contributed by atoms with Crippen molar-refractivity contribution in [1.82, 2.24) is 35.2 Å². The number of methoxy groups -OCH3 is 1. The quantitative estimate of drug-likeness (QED) is 0.0380. The number of nitrogens with zero attached hydrogens (tertiary/aromatic N) is 9. The van der Waals surface area contributed by atoms with Crippen LogP contribution in [0.5, 0.6) is 34.9 Å². The zero-order chi connectivity index (χ0) is 54.0. The highest BCUT2D eigenvalue weighted by Gasteiger charge is 2.15. The predicted octanol–water partition coefficient (Wildman–Crippen LogP) is 6.80. The average molecular weight is 1040 g/mol. The Kier molecular flexibility index (Phi) is 21.7. The molecule has 7 rings (SSSR count). The molecule has 4 aromatic carbocycles. The molecule has 3 heterocycles. The van der Waals surface area contributed by atoms with E-state index in [1.54, 1.807) is 55.6 Å². The van der Waals surface area contributed by atoms with Gasteiger partial charge in [0.15, 0.2) is 0 Å². The van der Waals surface area contributed by atoms with Gasteiger partial charge in [0.2, 0.25) is 29.5 Å². The van der Waals surface area contributed by atoms with Crippen LogP contribution in [0.4, 0.5) is 33.6 Å². The highest BCUT2D eigenvalue weighted by Crippen LogP contribution is 2.31. The van der Waals surface area contributed by atoms with Crippen LogP contribution < -0.4 is 47.4 Å². The third-order valence-corrected chi connectivity index (χ3v) is 9.73. The summed E-state index contributed by atoms with van der Waals surface area (Å²) >= 11 is 6.10. The Balaban J connectivity index is 0.000000209. The summed E-state index contributed by atoms with van der Waals surface area (Å²) in [6.07, 6.45) is 7.88. The van der Waals surface area contributed by atoms with Gasteiger partial charge in [-0.25, -0.2) is 34.7 Å². The topological polar surface area (TPSA) is 344 Å². The number of nitrogen functional groups attached to an aromatic ring is 3. The van der Waals surface area contributed by atoms with Crippen LogP contribution >= 0.6 is 11.6 Å². The standard InChI is InChI=1S/C20H19N5O3.C15H17N5O3.C14H14ClN5O4/c1-27-24-12-17-19(21)22-13-23-20(17)28-16-9-7-14(8-10-16)11-18(26)25-15-5-3-2-4-6-15;1-17-13(21)7-10-3-5-11(6-4-10)23-15-12(8-20-22-2)14(16)18-9-19-15;1-22-14(21)20-11-4-3-8(5-10(11)15)24-13-9(6-19-23-2)12(16)17-7-18-13/h2-10,12-13H,11H2,1H3,(H,25,26)(H2,21,22,23);3-6,8-9H,7H2,1-2H3,(H,17,21)(H2,16,18,19);3-7H,1-2H3,(H,20,21)(H2,16,17,18)/b24-12+;20-8+;19-6+. The van der Waals surface area contributed by atoms with Crippen LogP contribution in [0.25, 0.3) is 0 Å². The maximum atomic E-state index is 12.1. The van der Waals surface area contributed by atoms with E-state index in [0.29, 0.717) is 46.0 Å². The molecule has 0 atom stereocenters. The number of amides is 3. The van der Waals surface area contributed by atoms with Crippen molar-refractivity contribution in [1.29, 1.82) is 0 Å². The molecule has 0 aliphatic carbocycles. The maximum Gasteiger partial charge on any atom is 0.411 e. The van der Waals surface area contributed by atoms with Crippen LogP contribution in [0.1, 0.15) is 27.8 Å². The highest BCUT2D eigenvalue weighted by atomic mass is 35.5. The Morgan fingerprint density at radius 1 is 0.547 bits per heavy atom. The smallest absolute Gasteiger partial charge is 0.411 e. The summed E-state index contributed by atoms with van der Waals surface area (Å²) in [4.78, 5) is 72.4. The van der Waals surface area contributed by atoms with E-state index >= 15 is 0 Å². The largest absolute Gasteiger partial charge is 0.453 e. The molecule has 0 unspecified atom stereocenters. The van der Waals surface area contributed by atoms with Gasteiger partial charge in [-0.1, -0.05) is 69.5 Å². The summed E-state index contributed by atoms with van der Waals surface area (Å²) < 4.78 is 21.6. The first-order valence-electron chi connectivity index (χ1n) is 21.8. The first-order valence-corrected chi connectivity index (χ1v) is 22.1. The molecule has 388 valence electrons. The van der Waals surface area contributed by atoms with Crippen molar-refractivity contribution in [3.63, 3.8) is 0 Å². The zero-order valence-electron chi connectivity index (χ0n) is 40.8. The van der Waals surface area contributed by atoms with Crippen LogP contribution in [0, 0.1) is 0 Å². The number of nitrogens with two attached hydrogens (primary N) is 3. The number of anilines is 5. The average Bonchev–Trinajstić information content (AvgIpc) is 3.40. The van der Waals surface area contributed by atoms with Gasteiger partial charge in [-0.15, -0.1) is 0 Å². The minimum Gasteiger partial charge on any atom is -0.453 e. The van der Waals surface area contributed by atoms with Gasteiger partial charge >= 0.3 is 6.09 Å². The molecule has 0 spiro atoms. The number of carbonyl (C=O) groups is 3. The van der Waals surface area contributed by atoms with Crippen molar-refractivity contribution >= 4 is 77.0 Å². The van der Waals surface area contributed by atoms with E-state index in [-0.39, 0.29) is 58.4 Å². The highest BCUT2D eigenvalue weighted by molar-refractivity contribution is 6.33. The van der Waals surface area contributed by atoms with Crippen molar-refractivity contribution in [2.24, 2.45) is 15.5 Å². The van der Waals surface area contributed by atoms with E-state index in [1.165, 1.54) is 72.1 Å². The van der Waals surface area contributed by atoms with E-state index < -0.39 is 6.09 Å². The lowest BCUT2D eigenvalue weighted by Crippen LogP contribution is -2.19. The fourth-order valence-electron chi connectivity index (χ4n) is 5.79. The molecule has 0 saturated heterocycles. The molecule has 75 heavy (non-hydrogen) atoms. The molecule has 0 saturated carbocycles. The molecule has 0 fully saturated rings. The van der Waals surface area contributed by atoms with Crippen molar-refractivity contribution in [2.45, 2.75) is 12.8 Å². The Labute approximate surface area is 434 Å². The summed E-state index contributed by atoms with van der Waals surface area (Å²) in [7, 11) is 7.08. The fourth-order valence-corrected chi connectivity index (χ4v) is 6.01. The summed E-state index contributed by atoms with van der Waals surface area (Å²) in [6.45, 7) is 0. The Morgan fingerprint density at radius 3 is 1.36 bits per heavy atom. The lowest BCUT2D eigenvalue weighted by Gasteiger charge is -2.10. The van der Waals surface area contributed by atoms with Gasteiger partial charge in [0, 0.05) is 18.8 Å². The second-order valence-corrected chi connectivity index (χ2v) is 14.9. The molecule has 0 radical (unpaired) electrons. The Morgan fingerprint density at radius 2 is 0.960 bits per heavy atom. The van der Waals surface area contributed by atoms with Crippen molar-refractivity contribution in [3.8, 4) is 34.9 Å². The van der Waals surface area contributed by atoms with Crippen LogP contribution in [-0.2, 0) is 41.7 Å². The molecular weight excluding hydrogens is 994 g/mol. The SMILES string of the molecule is CNC(=O)Cc1ccc(Oc2ncnc(N)c2/C=N/OC)cc1.CO/N=C/c1c(N)ncnc1Oc1ccc(CC(=O)Nc2ccccc2)cc1.CO/N=C/c1c(N)ncnc1Oc1ccc(NC(=O)OC)c(Cl)c1. The van der Waals surface area contributed by atoms with Gasteiger partial charge in [0.05, 0.1) is 49.3 Å². The third-order valence-electron chi connectivity index (χ3n) is 9.41. The number of likely N-dealkylation sites (N-methyl/N-ethyl adjacent to an activating group) is 1. The number of nitrogens with one attached hydrogen (secondary N) is 3. The summed E-state index contributed by atoms with van der Waals surface area (Å²) in [5.74, 6) is 2.63. The van der Waals surface area contributed by atoms with Crippen molar-refractivity contribution in [2.75, 3.05) is 63.3 Å². The Hall–Kier alpha value is -10.2. The molecule has 26 heteroatoms. The summed E-state index contributed by atoms with van der Waals surface area (Å²) in [5, 5.41) is 19.1. The van der Waals surface area contributed by atoms with E-state index in [4.69, 9.17) is 43.0 Å². The van der Waals surface area contributed by atoms with Crippen LogP contribution in [-0.4, -0.2) is 102 Å². The minimum absolute atomic E-state index is 0.0553. The minimum atomic E-state index is -0.632. The zero-order valence-corrected chi connectivity index (χ0v) is 41.6. The number of rotatable bonds is 18. The lowest BCUT2D eigenvalue weighted by molar-refractivity contribution is -0.120. The second kappa shape index (κ2) is 29.2. The van der Waals surface area contributed by atoms with Gasteiger partial charge in [0.1, 0.15) is 91.7 Å². The molecule has 7 aromatic rings. The maximum absolute atomic E-state index is 12.1. The van der Waals surface area contributed by atoms with Gasteiger partial charge in [-0.05, 0) is 59.7 Å². The van der Waals surface area contributed by atoms with E-state index in [1.807, 2.05) is 42.5 Å². The Bertz CT molecular complexity index is 3080. The number of hydrogen-bond donors (Lipinski definition) is 6. The van der Waals surface area contributed by atoms with Crippen molar-refractivity contribution in [3.05, 3.63) is 149 Å². The first-order chi connectivity index (χ1) is 36.3. The van der Waals surface area contributed by atoms with Crippen LogP contribution in [0.3, 0.4) is 0 Å². The lowest BCUT2D eigenvalue weighted by atomic mass is 10.1. The van der Waals surface area contributed by atoms with Crippen molar-refractivity contribution < 1.29 is 47.8 Å². The number of benzene rings is 4. The van der Waals surface area contributed by atoms with E-state index in [0.717, 1.165) is 16.8 Å². The molecule has 25 nitrogen and oxygen atoms in total. The predicted molar refractivity (Wildman–Crippen MR) is 280 cm³/mol. The number of ether oxygens (including phenoxy) is 4. The fraction of sp³-hybridized carbons (Fsp3) is 0.143. The normalized spacial score (nSPS) is 10.5. The number of hydrogen-bond acceptors (Lipinski definition) is 22. The number of oxime groups is 3. The molecule has 3 aromatic heterocycles. The van der Waals surface area contributed by atoms with E-state index in [2.05, 4.69) is 80.6 Å². The monoisotopic (exact) mass is 1040 g/mol. The number of carbonyl (C=O) groups excluding carboxylic acids is 3. The number of para-hydroxylation sites is 1. The van der Waals surface area contributed by atoms with Gasteiger partial charge in [0.25, 0.3) is 0 Å². The molecule has 9 N–H and O–H groups in total. The van der Waals surface area contributed by atoms with Gasteiger partial charge < -0.3 is 61.3 Å². The van der Waals surface area contributed by atoms with Crippen LogP contribution in [0.2, 0.25) is 5.02 Å². The summed E-state index contributed by atoms with van der Waals surface area (Å²) in [5.41, 5.74) is 21.4. The number of aromatic nitrogens is 6. The van der Waals surface area contributed by atoms with Crippen LogP contribution in [0.15, 0.2) is 132 Å². The molecule has 0 aliphatic heterocycles. The van der Waals surface area contributed by atoms with Gasteiger partial charge in [-0.2, -0.15) is 0 Å². The van der Waals surface area contributed by atoms with E-state index in [9.17, 15) is 14.4 Å². The molecule has 0 aliphatic rings. The van der Waals surface area contributed by atoms with Gasteiger partial charge in [-0.3, -0.25) is 14.9 Å². The second-order valence-electron chi connectivity index (χ2n) is 14.5. The third kappa shape index (κ3) is 17.9. The first kappa shape index (κ1) is 55.8. The summed E-state index contributed by atoms with van der Waals surface area (Å²) in [6, 6.07) is 28.2.